The van der Waals surface area contributed by atoms with Crippen LogP contribution in [-0.2, 0) is 0 Å². The highest BCUT2D eigenvalue weighted by Crippen LogP contribution is 2.27. The minimum absolute atomic E-state index is 0.260. The van der Waals surface area contributed by atoms with Crippen LogP contribution in [0.3, 0.4) is 0 Å². The second kappa shape index (κ2) is 9.37. The Kier molecular flexibility index (Phi) is 7.49. The Bertz CT molecular complexity index is 499. The second-order valence-electron chi connectivity index (χ2n) is 7.34. The van der Waals surface area contributed by atoms with Crippen LogP contribution in [-0.4, -0.2) is 68.8 Å². The zero-order valence-corrected chi connectivity index (χ0v) is 15.3. The van der Waals surface area contributed by atoms with E-state index in [0.29, 0.717) is 12.5 Å². The van der Waals surface area contributed by atoms with E-state index in [4.69, 9.17) is 9.84 Å². The fourth-order valence-electron chi connectivity index (χ4n) is 3.39. The van der Waals surface area contributed by atoms with Crippen molar-refractivity contribution >= 4 is 0 Å². The van der Waals surface area contributed by atoms with Gasteiger partial charge in [0.2, 0.25) is 0 Å². The molecule has 1 saturated heterocycles. The van der Waals surface area contributed by atoms with Crippen LogP contribution in [0.2, 0.25) is 0 Å². The van der Waals surface area contributed by atoms with Crippen molar-refractivity contribution < 1.29 is 24.7 Å². The molecule has 136 valence electrons. The monoisotopic (exact) mass is 338 g/mol. The standard InChI is InChI=1S/C19H32N2O3/c1-15(2)18-5-4-16(3)12-19(18)24-14-17(23)13-21-8-6-20(7-9-21)10-11-22/h4-5,12,15,17,22-23H,6-11,13-14H2,1-3H3/p+2/t17-/m1/s1. The number of nitrogens with one attached hydrogen (secondary N) is 2. The van der Waals surface area contributed by atoms with Crippen LogP contribution >= 0.6 is 0 Å². The zero-order valence-electron chi connectivity index (χ0n) is 15.3. The number of quaternary nitrogens is 2. The van der Waals surface area contributed by atoms with E-state index in [1.165, 1.54) is 20.9 Å². The first-order valence-electron chi connectivity index (χ1n) is 9.19. The van der Waals surface area contributed by atoms with Gasteiger partial charge in [0, 0.05) is 0 Å². The molecule has 1 aromatic carbocycles. The van der Waals surface area contributed by atoms with E-state index in [-0.39, 0.29) is 6.61 Å². The molecule has 24 heavy (non-hydrogen) atoms. The first kappa shape index (κ1) is 19.2. The summed E-state index contributed by atoms with van der Waals surface area (Å²) in [6, 6.07) is 6.29. The third kappa shape index (κ3) is 5.74. The maximum absolute atomic E-state index is 10.3. The summed E-state index contributed by atoms with van der Waals surface area (Å²) in [6.07, 6.45) is -0.445. The topological polar surface area (TPSA) is 58.6 Å². The first-order valence-corrected chi connectivity index (χ1v) is 9.19. The molecule has 1 fully saturated rings. The average molecular weight is 338 g/mol. The van der Waals surface area contributed by atoms with E-state index < -0.39 is 6.10 Å². The number of hydrogen-bond donors (Lipinski definition) is 4. The maximum atomic E-state index is 10.3. The summed E-state index contributed by atoms with van der Waals surface area (Å²) in [6.45, 7) is 12.8. The van der Waals surface area contributed by atoms with Crippen molar-refractivity contribution in [1.82, 2.24) is 0 Å². The van der Waals surface area contributed by atoms with Gasteiger partial charge in [-0.15, -0.1) is 0 Å². The lowest BCUT2D eigenvalue weighted by atomic mass is 10.0. The molecule has 0 radical (unpaired) electrons. The molecule has 2 rings (SSSR count). The van der Waals surface area contributed by atoms with Crippen molar-refractivity contribution in [3.63, 3.8) is 0 Å². The number of aliphatic hydroxyl groups excluding tert-OH is 2. The summed E-state index contributed by atoms with van der Waals surface area (Å²) in [7, 11) is 0. The molecule has 5 nitrogen and oxygen atoms in total. The Balaban J connectivity index is 1.80. The molecule has 0 unspecified atom stereocenters. The molecule has 0 spiro atoms. The maximum Gasteiger partial charge on any atom is 0.137 e. The van der Waals surface area contributed by atoms with Gasteiger partial charge < -0.3 is 24.7 Å². The number of rotatable bonds is 8. The van der Waals surface area contributed by atoms with E-state index in [1.807, 2.05) is 0 Å². The minimum atomic E-state index is -0.445. The van der Waals surface area contributed by atoms with Gasteiger partial charge in [-0.05, 0) is 30.0 Å². The lowest BCUT2D eigenvalue weighted by molar-refractivity contribution is -1.01. The predicted octanol–water partition coefficient (Wildman–Crippen LogP) is -1.37. The zero-order chi connectivity index (χ0) is 17.5. The molecule has 0 aromatic heterocycles. The molecule has 0 bridgehead atoms. The van der Waals surface area contributed by atoms with Crippen LogP contribution in [0.5, 0.6) is 5.75 Å². The van der Waals surface area contributed by atoms with Gasteiger partial charge in [0.1, 0.15) is 57.7 Å². The molecule has 0 amide bonds. The molecular formula is C19H34N2O3+2. The summed E-state index contributed by atoms with van der Waals surface area (Å²) in [5.41, 5.74) is 2.37. The number of aliphatic hydroxyl groups is 2. The van der Waals surface area contributed by atoms with Gasteiger partial charge in [-0.2, -0.15) is 0 Å². The summed E-state index contributed by atoms with van der Waals surface area (Å²) >= 11 is 0. The van der Waals surface area contributed by atoms with Crippen LogP contribution < -0.4 is 14.5 Å². The second-order valence-corrected chi connectivity index (χ2v) is 7.34. The van der Waals surface area contributed by atoms with E-state index in [1.54, 1.807) is 0 Å². The molecule has 0 saturated carbocycles. The van der Waals surface area contributed by atoms with Crippen molar-refractivity contribution in [2.45, 2.75) is 32.8 Å². The molecule has 4 N–H and O–H groups in total. The number of hydrogen-bond acceptors (Lipinski definition) is 3. The van der Waals surface area contributed by atoms with Gasteiger partial charge in [0.15, 0.2) is 0 Å². The van der Waals surface area contributed by atoms with Crippen LogP contribution in [0.1, 0.15) is 30.9 Å². The van der Waals surface area contributed by atoms with Gasteiger partial charge in [0.05, 0.1) is 6.61 Å². The number of benzene rings is 1. The highest BCUT2D eigenvalue weighted by atomic mass is 16.5. The molecule has 1 aromatic rings. The Morgan fingerprint density at radius 3 is 2.42 bits per heavy atom. The van der Waals surface area contributed by atoms with E-state index in [2.05, 4.69) is 39.0 Å². The van der Waals surface area contributed by atoms with Gasteiger partial charge in [-0.25, -0.2) is 0 Å². The number of ether oxygens (including phenoxy) is 1. The normalized spacial score (nSPS) is 22.6. The minimum Gasteiger partial charge on any atom is -0.490 e. The largest absolute Gasteiger partial charge is 0.490 e. The Morgan fingerprint density at radius 1 is 1.12 bits per heavy atom. The molecule has 1 aliphatic rings. The first-order chi connectivity index (χ1) is 11.5. The molecule has 1 heterocycles. The van der Waals surface area contributed by atoms with E-state index in [0.717, 1.165) is 45.0 Å². The Morgan fingerprint density at radius 2 is 1.79 bits per heavy atom. The summed E-state index contributed by atoms with van der Waals surface area (Å²) in [4.78, 5) is 2.90. The molecule has 5 heteroatoms. The molecule has 1 aliphatic heterocycles. The van der Waals surface area contributed by atoms with Crippen molar-refractivity contribution in [3.05, 3.63) is 29.3 Å². The van der Waals surface area contributed by atoms with Crippen molar-refractivity contribution in [2.24, 2.45) is 0 Å². The van der Waals surface area contributed by atoms with Gasteiger partial charge in [-0.3, -0.25) is 0 Å². The van der Waals surface area contributed by atoms with Crippen molar-refractivity contribution in [3.8, 4) is 5.75 Å². The predicted molar refractivity (Wildman–Crippen MR) is 95.0 cm³/mol. The van der Waals surface area contributed by atoms with Crippen LogP contribution in [0.4, 0.5) is 0 Å². The lowest BCUT2D eigenvalue weighted by Crippen LogP contribution is -3.28. The molecule has 1 atom stereocenters. The average Bonchev–Trinajstić information content (AvgIpc) is 2.55. The third-order valence-electron chi connectivity index (χ3n) is 4.88. The SMILES string of the molecule is Cc1ccc(C(C)C)c(OC[C@H](O)C[NH+]2CC[NH+](CCO)CC2)c1. The van der Waals surface area contributed by atoms with Crippen LogP contribution in [0.25, 0.3) is 0 Å². The molecular weight excluding hydrogens is 304 g/mol. The highest BCUT2D eigenvalue weighted by molar-refractivity contribution is 5.39. The fraction of sp³-hybridized carbons (Fsp3) is 0.684. The number of piperazine rings is 1. The van der Waals surface area contributed by atoms with E-state index in [9.17, 15) is 5.11 Å². The van der Waals surface area contributed by atoms with E-state index >= 15 is 0 Å². The fourth-order valence-corrected chi connectivity index (χ4v) is 3.39. The van der Waals surface area contributed by atoms with Crippen molar-refractivity contribution in [2.75, 3.05) is 52.5 Å². The van der Waals surface area contributed by atoms with Gasteiger partial charge >= 0.3 is 0 Å². The molecule has 0 aliphatic carbocycles. The highest BCUT2D eigenvalue weighted by Gasteiger charge is 2.24. The number of aryl methyl sites for hydroxylation is 1. The van der Waals surface area contributed by atoms with Gasteiger partial charge in [-0.1, -0.05) is 26.0 Å². The van der Waals surface area contributed by atoms with Crippen LogP contribution in [0, 0.1) is 6.92 Å². The lowest BCUT2D eigenvalue weighted by Gasteiger charge is -2.30. The Hall–Kier alpha value is -1.14. The Labute approximate surface area is 145 Å². The summed E-state index contributed by atoms with van der Waals surface area (Å²) in [5, 5.41) is 19.3. The van der Waals surface area contributed by atoms with Crippen molar-refractivity contribution in [1.29, 1.82) is 0 Å². The van der Waals surface area contributed by atoms with Crippen LogP contribution in [0.15, 0.2) is 18.2 Å². The quantitative estimate of drug-likeness (QED) is 0.473. The van der Waals surface area contributed by atoms with Gasteiger partial charge in [0.25, 0.3) is 0 Å². The smallest absolute Gasteiger partial charge is 0.137 e. The third-order valence-corrected chi connectivity index (χ3v) is 4.88. The summed E-state index contributed by atoms with van der Waals surface area (Å²) < 4.78 is 5.94. The summed E-state index contributed by atoms with van der Waals surface area (Å²) in [5.74, 6) is 1.31.